The van der Waals surface area contributed by atoms with Crippen molar-refractivity contribution >= 4 is 11.9 Å². The van der Waals surface area contributed by atoms with E-state index in [0.29, 0.717) is 0 Å². The van der Waals surface area contributed by atoms with Gasteiger partial charge in [-0.1, -0.05) is 0 Å². The fraction of sp³-hybridized carbons (Fsp3) is 0.833. The first-order valence-corrected chi connectivity index (χ1v) is 6.20. The molecule has 1 saturated heterocycles. The van der Waals surface area contributed by atoms with E-state index in [1.807, 2.05) is 0 Å². The number of aliphatic hydroxyl groups is 1. The molecular weight excluding hydrogens is 270 g/mol. The minimum Gasteiger partial charge on any atom is -0.463 e. The lowest BCUT2D eigenvalue weighted by Crippen LogP contribution is -2.65. The van der Waals surface area contributed by atoms with Gasteiger partial charge in [-0.25, -0.2) is 0 Å². The molecule has 1 aliphatic heterocycles. The minimum atomic E-state index is -1.28. The topological polar surface area (TPSA) is 103 Å². The Morgan fingerprint density at radius 2 is 1.80 bits per heavy atom. The third-order valence-electron chi connectivity index (χ3n) is 3.03. The van der Waals surface area contributed by atoms with E-state index in [2.05, 4.69) is 5.32 Å². The molecule has 0 bridgehead atoms. The van der Waals surface area contributed by atoms with Crippen LogP contribution in [0, 0.1) is 0 Å². The second kappa shape index (κ2) is 7.53. The van der Waals surface area contributed by atoms with Crippen molar-refractivity contribution in [3.05, 3.63) is 0 Å². The average molecular weight is 291 g/mol. The van der Waals surface area contributed by atoms with E-state index in [1.54, 1.807) is 0 Å². The van der Waals surface area contributed by atoms with E-state index in [0.717, 1.165) is 0 Å². The van der Waals surface area contributed by atoms with Crippen LogP contribution in [0.25, 0.3) is 0 Å². The van der Waals surface area contributed by atoms with Gasteiger partial charge in [0, 0.05) is 28.1 Å². The molecule has 116 valence electrons. The van der Waals surface area contributed by atoms with Gasteiger partial charge in [0.15, 0.2) is 6.29 Å². The standard InChI is InChI=1S/C12H21NO7/c1-6(14)13-9-11(18-4)10(17-3)8(20-12(9)16)5-19-7(2)15/h8-12,16H,5H2,1-4H3,(H,13,14)/t8-,9-,10+,11-,12+/m1/s1. The van der Waals surface area contributed by atoms with Crippen LogP contribution < -0.4 is 5.32 Å². The molecule has 0 spiro atoms. The molecule has 20 heavy (non-hydrogen) atoms. The number of carbonyl (C=O) groups excluding carboxylic acids is 2. The van der Waals surface area contributed by atoms with Crippen molar-refractivity contribution in [1.82, 2.24) is 5.32 Å². The number of carbonyl (C=O) groups is 2. The number of nitrogens with one attached hydrogen (secondary N) is 1. The Labute approximate surface area is 117 Å². The van der Waals surface area contributed by atoms with Gasteiger partial charge in [0.2, 0.25) is 5.91 Å². The summed E-state index contributed by atoms with van der Waals surface area (Å²) >= 11 is 0. The summed E-state index contributed by atoms with van der Waals surface area (Å²) in [4.78, 5) is 22.0. The van der Waals surface area contributed by atoms with Crippen molar-refractivity contribution in [3.8, 4) is 0 Å². The molecule has 0 saturated carbocycles. The van der Waals surface area contributed by atoms with Gasteiger partial charge < -0.3 is 29.4 Å². The predicted octanol–water partition coefficient (Wildman–Crippen LogP) is -1.20. The highest BCUT2D eigenvalue weighted by Crippen LogP contribution is 2.24. The first kappa shape index (κ1) is 16.8. The highest BCUT2D eigenvalue weighted by atomic mass is 16.7. The van der Waals surface area contributed by atoms with Crippen LogP contribution in [0.15, 0.2) is 0 Å². The normalized spacial score (nSPS) is 33.5. The Balaban J connectivity index is 2.83. The van der Waals surface area contributed by atoms with Gasteiger partial charge in [0.1, 0.15) is 31.0 Å². The number of esters is 1. The summed E-state index contributed by atoms with van der Waals surface area (Å²) in [5.41, 5.74) is 0. The van der Waals surface area contributed by atoms with Crippen molar-refractivity contribution in [2.45, 2.75) is 44.5 Å². The first-order chi connectivity index (χ1) is 9.40. The van der Waals surface area contributed by atoms with Gasteiger partial charge in [-0.15, -0.1) is 0 Å². The number of amides is 1. The van der Waals surface area contributed by atoms with Crippen LogP contribution in [0.2, 0.25) is 0 Å². The molecule has 0 unspecified atom stereocenters. The van der Waals surface area contributed by atoms with Gasteiger partial charge in [-0.2, -0.15) is 0 Å². The van der Waals surface area contributed by atoms with Crippen LogP contribution in [-0.4, -0.2) is 68.5 Å². The van der Waals surface area contributed by atoms with Crippen molar-refractivity contribution in [3.63, 3.8) is 0 Å². The Hall–Kier alpha value is -1.22. The monoisotopic (exact) mass is 291 g/mol. The lowest BCUT2D eigenvalue weighted by molar-refractivity contribution is -0.264. The highest BCUT2D eigenvalue weighted by Gasteiger charge is 2.46. The summed E-state index contributed by atoms with van der Waals surface area (Å²) in [6, 6.07) is -0.768. The van der Waals surface area contributed by atoms with E-state index >= 15 is 0 Å². The Bertz CT molecular complexity index is 349. The van der Waals surface area contributed by atoms with E-state index in [1.165, 1.54) is 28.1 Å². The largest absolute Gasteiger partial charge is 0.463 e. The van der Waals surface area contributed by atoms with Gasteiger partial charge in [0.05, 0.1) is 0 Å². The molecule has 8 heteroatoms. The van der Waals surface area contributed by atoms with Crippen LogP contribution in [0.3, 0.4) is 0 Å². The smallest absolute Gasteiger partial charge is 0.302 e. The number of hydrogen-bond donors (Lipinski definition) is 2. The summed E-state index contributed by atoms with van der Waals surface area (Å²) in [5, 5.41) is 12.5. The Kier molecular flexibility index (Phi) is 6.34. The van der Waals surface area contributed by atoms with Crippen LogP contribution >= 0.6 is 0 Å². The van der Waals surface area contributed by atoms with E-state index in [-0.39, 0.29) is 12.5 Å². The highest BCUT2D eigenvalue weighted by molar-refractivity contribution is 5.73. The van der Waals surface area contributed by atoms with Crippen molar-refractivity contribution < 1.29 is 33.6 Å². The Morgan fingerprint density at radius 1 is 1.20 bits per heavy atom. The fourth-order valence-corrected chi connectivity index (χ4v) is 2.21. The molecule has 1 amide bonds. The molecule has 1 fully saturated rings. The number of rotatable bonds is 5. The molecule has 1 aliphatic rings. The van der Waals surface area contributed by atoms with Crippen molar-refractivity contribution in [2.24, 2.45) is 0 Å². The maximum Gasteiger partial charge on any atom is 0.302 e. The fourth-order valence-electron chi connectivity index (χ4n) is 2.21. The maximum atomic E-state index is 11.2. The van der Waals surface area contributed by atoms with Crippen molar-refractivity contribution in [1.29, 1.82) is 0 Å². The molecule has 5 atom stereocenters. The van der Waals surface area contributed by atoms with Crippen LogP contribution in [0.4, 0.5) is 0 Å². The number of aliphatic hydroxyl groups excluding tert-OH is 1. The van der Waals surface area contributed by atoms with Gasteiger partial charge in [-0.05, 0) is 0 Å². The zero-order valence-corrected chi connectivity index (χ0v) is 12.0. The maximum absolute atomic E-state index is 11.2. The Morgan fingerprint density at radius 3 is 2.25 bits per heavy atom. The molecule has 0 aromatic carbocycles. The molecule has 0 aromatic heterocycles. The third kappa shape index (κ3) is 4.14. The van der Waals surface area contributed by atoms with E-state index < -0.39 is 36.6 Å². The lowest BCUT2D eigenvalue weighted by Gasteiger charge is -2.43. The van der Waals surface area contributed by atoms with E-state index in [9.17, 15) is 14.7 Å². The molecule has 0 aliphatic carbocycles. The SMILES string of the molecule is CO[C@@H]1[C@@H](NC(C)=O)[C@@H](O)O[C@H](COC(C)=O)[C@@H]1OC. The van der Waals surface area contributed by atoms with Crippen LogP contribution in [0.1, 0.15) is 13.8 Å². The number of methoxy groups -OCH3 is 2. The second-order valence-electron chi connectivity index (χ2n) is 4.49. The van der Waals surface area contributed by atoms with Gasteiger partial charge in [-0.3, -0.25) is 9.59 Å². The molecule has 1 rings (SSSR count). The van der Waals surface area contributed by atoms with Gasteiger partial charge in [0.25, 0.3) is 0 Å². The molecule has 0 aromatic rings. The molecule has 0 radical (unpaired) electrons. The average Bonchev–Trinajstić information content (AvgIpc) is 2.37. The molecule has 1 heterocycles. The zero-order valence-electron chi connectivity index (χ0n) is 12.0. The quantitative estimate of drug-likeness (QED) is 0.613. The summed E-state index contributed by atoms with van der Waals surface area (Å²) in [7, 11) is 2.88. The lowest BCUT2D eigenvalue weighted by atomic mass is 9.96. The number of hydrogen-bond acceptors (Lipinski definition) is 7. The predicted molar refractivity (Wildman–Crippen MR) is 66.7 cm³/mol. The number of ether oxygens (including phenoxy) is 4. The first-order valence-electron chi connectivity index (χ1n) is 6.20. The summed E-state index contributed by atoms with van der Waals surface area (Å²) in [6.45, 7) is 2.53. The van der Waals surface area contributed by atoms with Crippen LogP contribution in [0.5, 0.6) is 0 Å². The minimum absolute atomic E-state index is 0.0719. The van der Waals surface area contributed by atoms with Crippen LogP contribution in [-0.2, 0) is 28.5 Å². The van der Waals surface area contributed by atoms with Crippen molar-refractivity contribution in [2.75, 3.05) is 20.8 Å². The molecule has 8 nitrogen and oxygen atoms in total. The third-order valence-corrected chi connectivity index (χ3v) is 3.03. The molecule has 2 N–H and O–H groups in total. The van der Waals surface area contributed by atoms with E-state index in [4.69, 9.17) is 18.9 Å². The zero-order chi connectivity index (χ0) is 15.3. The summed E-state index contributed by atoms with van der Waals surface area (Å²) < 4.78 is 20.8. The summed E-state index contributed by atoms with van der Waals surface area (Å²) in [6.07, 6.45) is -3.20. The second-order valence-corrected chi connectivity index (χ2v) is 4.49. The molecular formula is C12H21NO7. The van der Waals surface area contributed by atoms with Gasteiger partial charge >= 0.3 is 5.97 Å². The summed E-state index contributed by atoms with van der Waals surface area (Å²) in [5.74, 6) is -0.788.